The van der Waals surface area contributed by atoms with E-state index in [1.807, 2.05) is 13.8 Å². The first kappa shape index (κ1) is 13.7. The molecule has 0 aliphatic carbocycles. The van der Waals surface area contributed by atoms with Crippen LogP contribution in [0.15, 0.2) is 16.9 Å². The Bertz CT molecular complexity index is 451. The van der Waals surface area contributed by atoms with Gasteiger partial charge in [0.05, 0.1) is 11.5 Å². The number of sulfone groups is 1. The van der Waals surface area contributed by atoms with E-state index in [9.17, 15) is 13.2 Å². The molecule has 0 saturated carbocycles. The van der Waals surface area contributed by atoms with E-state index < -0.39 is 15.7 Å². The average molecular weight is 260 g/mol. The molecule has 1 amide bonds. The Balaban J connectivity index is 2.36. The zero-order chi connectivity index (χ0) is 12.9. The van der Waals surface area contributed by atoms with Crippen LogP contribution in [0, 0.1) is 5.92 Å². The molecule has 1 aromatic heterocycles. The van der Waals surface area contributed by atoms with Crippen LogP contribution >= 0.6 is 0 Å². The van der Waals surface area contributed by atoms with Crippen molar-refractivity contribution in [2.45, 2.75) is 13.8 Å². The topological polar surface area (TPSA) is 89.3 Å². The molecule has 0 atom stereocenters. The highest BCUT2D eigenvalue weighted by Gasteiger charge is 2.14. The maximum absolute atomic E-state index is 11.5. The number of hydrogen-bond acceptors (Lipinski definition) is 5. The number of hydrogen-bond donors (Lipinski definition) is 1. The lowest BCUT2D eigenvalue weighted by atomic mass is 10.3. The van der Waals surface area contributed by atoms with E-state index in [4.69, 9.17) is 0 Å². The van der Waals surface area contributed by atoms with Gasteiger partial charge in [-0.25, -0.2) is 8.42 Å². The normalized spacial score (nSPS) is 11.7. The first-order chi connectivity index (χ1) is 7.91. The zero-order valence-corrected chi connectivity index (χ0v) is 10.7. The lowest BCUT2D eigenvalue weighted by Gasteiger charge is -2.07. The summed E-state index contributed by atoms with van der Waals surface area (Å²) in [4.78, 5) is 11.4. The van der Waals surface area contributed by atoms with Crippen molar-refractivity contribution < 1.29 is 17.7 Å². The molecule has 1 aromatic rings. The van der Waals surface area contributed by atoms with Gasteiger partial charge in [0, 0.05) is 12.6 Å². The third-order valence-corrected chi connectivity index (χ3v) is 3.96. The molecule has 1 rings (SSSR count). The van der Waals surface area contributed by atoms with Crippen LogP contribution in [0.5, 0.6) is 0 Å². The van der Waals surface area contributed by atoms with Gasteiger partial charge in [-0.1, -0.05) is 19.0 Å². The molecule has 0 aliphatic rings. The van der Waals surface area contributed by atoms with Gasteiger partial charge in [0.1, 0.15) is 6.26 Å². The standard InChI is InChI=1S/C10H16N2O4S/c1-8(2)7-17(14,15)6-4-11-10(13)9-3-5-16-12-9/h3,5,8H,4,6-7H2,1-2H3,(H,11,13). The highest BCUT2D eigenvalue weighted by Crippen LogP contribution is 2.00. The molecular formula is C10H16N2O4S. The van der Waals surface area contributed by atoms with Gasteiger partial charge < -0.3 is 9.84 Å². The van der Waals surface area contributed by atoms with Gasteiger partial charge in [-0.05, 0) is 5.92 Å². The quantitative estimate of drug-likeness (QED) is 0.803. The molecule has 0 aromatic carbocycles. The van der Waals surface area contributed by atoms with Crippen molar-refractivity contribution in [2.24, 2.45) is 5.92 Å². The molecule has 0 radical (unpaired) electrons. The third-order valence-electron chi connectivity index (χ3n) is 1.96. The van der Waals surface area contributed by atoms with Gasteiger partial charge in [0.25, 0.3) is 5.91 Å². The lowest BCUT2D eigenvalue weighted by Crippen LogP contribution is -2.30. The smallest absolute Gasteiger partial charge is 0.273 e. The molecule has 0 fully saturated rings. The van der Waals surface area contributed by atoms with Crippen LogP contribution in [-0.2, 0) is 9.84 Å². The van der Waals surface area contributed by atoms with Crippen LogP contribution in [0.1, 0.15) is 24.3 Å². The molecule has 0 bridgehead atoms. The summed E-state index contributed by atoms with van der Waals surface area (Å²) in [6.45, 7) is 3.76. The van der Waals surface area contributed by atoms with Crippen LogP contribution in [0.4, 0.5) is 0 Å². The number of nitrogens with one attached hydrogen (secondary N) is 1. The van der Waals surface area contributed by atoms with Crippen LogP contribution < -0.4 is 5.32 Å². The summed E-state index contributed by atoms with van der Waals surface area (Å²) >= 11 is 0. The highest BCUT2D eigenvalue weighted by molar-refractivity contribution is 7.91. The second kappa shape index (κ2) is 5.81. The number of aromatic nitrogens is 1. The third kappa shape index (κ3) is 4.99. The summed E-state index contributed by atoms with van der Waals surface area (Å²) in [5, 5.41) is 5.92. The fourth-order valence-electron chi connectivity index (χ4n) is 1.33. The maximum Gasteiger partial charge on any atom is 0.273 e. The molecule has 7 heteroatoms. The molecule has 6 nitrogen and oxygen atoms in total. The summed E-state index contributed by atoms with van der Waals surface area (Å²) in [5.74, 6) is -0.272. The summed E-state index contributed by atoms with van der Waals surface area (Å²) in [6, 6.07) is 1.41. The van der Waals surface area contributed by atoms with Crippen molar-refractivity contribution >= 4 is 15.7 Å². The van der Waals surface area contributed by atoms with Gasteiger partial charge >= 0.3 is 0 Å². The maximum atomic E-state index is 11.5. The van der Waals surface area contributed by atoms with Gasteiger partial charge in [-0.15, -0.1) is 0 Å². The molecule has 1 heterocycles. The minimum absolute atomic E-state index is 0.0607. The van der Waals surface area contributed by atoms with Crippen molar-refractivity contribution in [3.05, 3.63) is 18.0 Å². The summed E-state index contributed by atoms with van der Waals surface area (Å²) < 4.78 is 27.6. The first-order valence-electron chi connectivity index (χ1n) is 5.30. The predicted molar refractivity (Wildman–Crippen MR) is 62.3 cm³/mol. The van der Waals surface area contributed by atoms with Crippen LogP contribution in [0.25, 0.3) is 0 Å². The van der Waals surface area contributed by atoms with E-state index in [2.05, 4.69) is 15.0 Å². The number of rotatable bonds is 6. The van der Waals surface area contributed by atoms with Crippen LogP contribution in [0.3, 0.4) is 0 Å². The first-order valence-corrected chi connectivity index (χ1v) is 7.12. The van der Waals surface area contributed by atoms with Crippen molar-refractivity contribution in [1.82, 2.24) is 10.5 Å². The van der Waals surface area contributed by atoms with E-state index in [-0.39, 0.29) is 29.7 Å². The molecule has 1 N–H and O–H groups in total. The second-order valence-electron chi connectivity index (χ2n) is 4.15. The van der Waals surface area contributed by atoms with Crippen LogP contribution in [0.2, 0.25) is 0 Å². The number of amides is 1. The number of carbonyl (C=O) groups excluding carboxylic acids is 1. The largest absolute Gasteiger partial charge is 0.364 e. The zero-order valence-electron chi connectivity index (χ0n) is 9.84. The molecule has 0 aliphatic heterocycles. The van der Waals surface area contributed by atoms with E-state index >= 15 is 0 Å². The molecule has 96 valence electrons. The van der Waals surface area contributed by atoms with Crippen molar-refractivity contribution in [3.8, 4) is 0 Å². The average Bonchev–Trinajstić information content (AvgIpc) is 2.67. The SMILES string of the molecule is CC(C)CS(=O)(=O)CCNC(=O)c1ccon1. The second-order valence-corrected chi connectivity index (χ2v) is 6.38. The van der Waals surface area contributed by atoms with E-state index in [0.29, 0.717) is 0 Å². The number of carbonyl (C=O) groups is 1. The van der Waals surface area contributed by atoms with Crippen molar-refractivity contribution in [2.75, 3.05) is 18.1 Å². The Morgan fingerprint density at radius 1 is 1.53 bits per heavy atom. The summed E-state index contributed by atoms with van der Waals surface area (Å²) in [5.41, 5.74) is 0.145. The van der Waals surface area contributed by atoms with E-state index in [0.717, 1.165) is 0 Å². The summed E-state index contributed by atoms with van der Waals surface area (Å²) in [6.07, 6.45) is 1.28. The fraction of sp³-hybridized carbons (Fsp3) is 0.600. The number of nitrogens with zero attached hydrogens (tertiary/aromatic N) is 1. The fourth-order valence-corrected chi connectivity index (χ4v) is 2.93. The highest BCUT2D eigenvalue weighted by atomic mass is 32.2. The molecule has 0 saturated heterocycles. The van der Waals surface area contributed by atoms with Gasteiger partial charge in [0.15, 0.2) is 15.5 Å². The lowest BCUT2D eigenvalue weighted by molar-refractivity contribution is 0.0947. The van der Waals surface area contributed by atoms with Crippen molar-refractivity contribution in [1.29, 1.82) is 0 Å². The Hall–Kier alpha value is -1.37. The molecule has 17 heavy (non-hydrogen) atoms. The van der Waals surface area contributed by atoms with E-state index in [1.54, 1.807) is 0 Å². The van der Waals surface area contributed by atoms with Crippen LogP contribution in [-0.4, -0.2) is 37.5 Å². The van der Waals surface area contributed by atoms with E-state index in [1.165, 1.54) is 12.3 Å². The monoisotopic (exact) mass is 260 g/mol. The summed E-state index contributed by atoms with van der Waals surface area (Å²) in [7, 11) is -3.10. The Morgan fingerprint density at radius 3 is 2.76 bits per heavy atom. The predicted octanol–water partition coefficient (Wildman–Crippen LogP) is 0.475. The minimum Gasteiger partial charge on any atom is -0.364 e. The Labute approximate surface area is 100 Å². The Kier molecular flexibility index (Phi) is 4.68. The molecule has 0 unspecified atom stereocenters. The van der Waals surface area contributed by atoms with Gasteiger partial charge in [0.2, 0.25) is 0 Å². The molecule has 0 spiro atoms. The van der Waals surface area contributed by atoms with Gasteiger partial charge in [-0.3, -0.25) is 4.79 Å². The van der Waals surface area contributed by atoms with Gasteiger partial charge in [-0.2, -0.15) is 0 Å². The molecular weight excluding hydrogens is 244 g/mol. The minimum atomic E-state index is -3.10. The van der Waals surface area contributed by atoms with Crippen molar-refractivity contribution in [3.63, 3.8) is 0 Å². The Morgan fingerprint density at radius 2 is 2.24 bits per heavy atom.